The SMILES string of the molecule is C=CCC1(S(=O)(=O)c2ccccc2)CCc2ccccc2C1=O. The summed E-state index contributed by atoms with van der Waals surface area (Å²) in [6.45, 7) is 3.68. The molecule has 4 heteroatoms. The van der Waals surface area contributed by atoms with Crippen LogP contribution in [-0.2, 0) is 16.3 Å². The van der Waals surface area contributed by atoms with Gasteiger partial charge >= 0.3 is 0 Å². The fourth-order valence-electron chi connectivity index (χ4n) is 3.27. The van der Waals surface area contributed by atoms with Gasteiger partial charge in [0.05, 0.1) is 4.90 Å². The summed E-state index contributed by atoms with van der Waals surface area (Å²) in [7, 11) is -3.80. The number of aryl methyl sites for hydroxylation is 1. The van der Waals surface area contributed by atoms with Gasteiger partial charge in [0.25, 0.3) is 0 Å². The quantitative estimate of drug-likeness (QED) is 0.807. The van der Waals surface area contributed by atoms with Crippen molar-refractivity contribution in [2.75, 3.05) is 0 Å². The van der Waals surface area contributed by atoms with Crippen LogP contribution in [0.15, 0.2) is 72.1 Å². The Balaban J connectivity index is 2.20. The second-order valence-electron chi connectivity index (χ2n) is 5.79. The minimum atomic E-state index is -3.80. The molecule has 0 aliphatic heterocycles. The van der Waals surface area contributed by atoms with Gasteiger partial charge in [0.2, 0.25) is 0 Å². The first kappa shape index (κ1) is 15.7. The number of fused-ring (bicyclic) bond motifs is 1. The molecule has 0 N–H and O–H groups in total. The predicted molar refractivity (Wildman–Crippen MR) is 90.3 cm³/mol. The third-order valence-electron chi connectivity index (χ3n) is 4.52. The highest BCUT2D eigenvalue weighted by Gasteiger charge is 2.52. The Morgan fingerprint density at radius 2 is 1.70 bits per heavy atom. The predicted octanol–water partition coefficient (Wildman–Crippen LogP) is 3.60. The van der Waals surface area contributed by atoms with Gasteiger partial charge in [0.1, 0.15) is 4.75 Å². The van der Waals surface area contributed by atoms with Crippen LogP contribution in [0, 0.1) is 0 Å². The third-order valence-corrected chi connectivity index (χ3v) is 6.99. The van der Waals surface area contributed by atoms with Gasteiger partial charge in [0, 0.05) is 5.56 Å². The van der Waals surface area contributed by atoms with E-state index in [-0.39, 0.29) is 23.5 Å². The molecule has 0 bridgehead atoms. The Morgan fingerprint density at radius 1 is 1.04 bits per heavy atom. The number of carbonyl (C=O) groups is 1. The molecule has 3 nitrogen and oxygen atoms in total. The lowest BCUT2D eigenvalue weighted by Crippen LogP contribution is -2.49. The zero-order valence-electron chi connectivity index (χ0n) is 12.7. The highest BCUT2D eigenvalue weighted by atomic mass is 32.2. The molecule has 2 aromatic rings. The third kappa shape index (κ3) is 2.34. The van der Waals surface area contributed by atoms with Crippen LogP contribution in [0.5, 0.6) is 0 Å². The molecule has 23 heavy (non-hydrogen) atoms. The first-order valence-electron chi connectivity index (χ1n) is 7.56. The van der Waals surface area contributed by atoms with E-state index in [4.69, 9.17) is 0 Å². The topological polar surface area (TPSA) is 51.2 Å². The van der Waals surface area contributed by atoms with E-state index in [0.717, 1.165) is 5.56 Å². The van der Waals surface area contributed by atoms with Crippen molar-refractivity contribution in [3.05, 3.63) is 78.4 Å². The molecule has 3 rings (SSSR count). The monoisotopic (exact) mass is 326 g/mol. The summed E-state index contributed by atoms with van der Waals surface area (Å²) in [5, 5.41) is 0. The lowest BCUT2D eigenvalue weighted by atomic mass is 9.80. The van der Waals surface area contributed by atoms with Crippen LogP contribution in [0.4, 0.5) is 0 Å². The zero-order valence-corrected chi connectivity index (χ0v) is 13.6. The maximum absolute atomic E-state index is 13.3. The van der Waals surface area contributed by atoms with Crippen molar-refractivity contribution in [3.63, 3.8) is 0 Å². The summed E-state index contributed by atoms with van der Waals surface area (Å²) in [6, 6.07) is 15.5. The number of Topliss-reactive ketones (excluding diaryl/α,β-unsaturated/α-hetero) is 1. The normalized spacial score (nSPS) is 20.8. The summed E-state index contributed by atoms with van der Waals surface area (Å²) in [5.74, 6) is -0.317. The van der Waals surface area contributed by atoms with Crippen LogP contribution >= 0.6 is 0 Å². The van der Waals surface area contributed by atoms with E-state index in [1.54, 1.807) is 42.5 Å². The van der Waals surface area contributed by atoms with Crippen LogP contribution in [0.25, 0.3) is 0 Å². The average Bonchev–Trinajstić information content (AvgIpc) is 2.58. The maximum atomic E-state index is 13.3. The number of rotatable bonds is 4. The molecule has 1 aliphatic rings. The summed E-state index contributed by atoms with van der Waals surface area (Å²) >= 11 is 0. The minimum absolute atomic E-state index is 0.122. The number of hydrogen-bond acceptors (Lipinski definition) is 3. The van der Waals surface area contributed by atoms with E-state index in [9.17, 15) is 13.2 Å². The van der Waals surface area contributed by atoms with Crippen molar-refractivity contribution in [1.82, 2.24) is 0 Å². The van der Waals surface area contributed by atoms with Crippen molar-refractivity contribution in [2.45, 2.75) is 28.9 Å². The Hall–Kier alpha value is -2.20. The smallest absolute Gasteiger partial charge is 0.191 e. The standard InChI is InChI=1S/C19H18O3S/c1-2-13-19(23(21,22)16-9-4-3-5-10-16)14-12-15-8-6-7-11-17(15)18(19)20/h2-11H,1,12-14H2. The van der Waals surface area contributed by atoms with Gasteiger partial charge in [-0.3, -0.25) is 4.79 Å². The fourth-order valence-corrected chi connectivity index (χ4v) is 5.30. The van der Waals surface area contributed by atoms with Crippen LogP contribution in [0.1, 0.15) is 28.8 Å². The number of sulfone groups is 1. The second kappa shape index (κ2) is 5.78. The summed E-state index contributed by atoms with van der Waals surface area (Å²) in [5.41, 5.74) is 1.43. The highest BCUT2D eigenvalue weighted by molar-refractivity contribution is 7.93. The Labute approximate surface area is 136 Å². The van der Waals surface area contributed by atoms with Crippen molar-refractivity contribution in [2.24, 2.45) is 0 Å². The Kier molecular flexibility index (Phi) is 3.94. The van der Waals surface area contributed by atoms with Crippen LogP contribution in [-0.4, -0.2) is 18.9 Å². The number of benzene rings is 2. The Morgan fingerprint density at radius 3 is 2.39 bits per heavy atom. The molecule has 0 radical (unpaired) electrons. The van der Waals surface area contributed by atoms with E-state index < -0.39 is 14.6 Å². The van der Waals surface area contributed by atoms with Crippen molar-refractivity contribution < 1.29 is 13.2 Å². The van der Waals surface area contributed by atoms with E-state index in [1.165, 1.54) is 6.08 Å². The van der Waals surface area contributed by atoms with Gasteiger partial charge in [0.15, 0.2) is 15.6 Å². The van der Waals surface area contributed by atoms with Crippen molar-refractivity contribution >= 4 is 15.6 Å². The van der Waals surface area contributed by atoms with Gasteiger partial charge in [-0.15, -0.1) is 6.58 Å². The molecule has 0 heterocycles. The molecule has 0 saturated heterocycles. The zero-order chi connectivity index (χ0) is 16.5. The van der Waals surface area contributed by atoms with Gasteiger partial charge < -0.3 is 0 Å². The summed E-state index contributed by atoms with van der Waals surface area (Å²) in [4.78, 5) is 13.3. The van der Waals surface area contributed by atoms with Gasteiger partial charge in [-0.1, -0.05) is 48.5 Å². The summed E-state index contributed by atoms with van der Waals surface area (Å²) < 4.78 is 25.0. The minimum Gasteiger partial charge on any atom is -0.292 e. The molecule has 1 aliphatic carbocycles. The molecule has 0 amide bonds. The number of carbonyl (C=O) groups excluding carboxylic acids is 1. The molecule has 0 fully saturated rings. The molecule has 0 aromatic heterocycles. The first-order valence-corrected chi connectivity index (χ1v) is 9.04. The second-order valence-corrected chi connectivity index (χ2v) is 8.05. The van der Waals surface area contributed by atoms with Crippen molar-refractivity contribution in [1.29, 1.82) is 0 Å². The van der Waals surface area contributed by atoms with Crippen LogP contribution in [0.2, 0.25) is 0 Å². The lowest BCUT2D eigenvalue weighted by molar-refractivity contribution is 0.0922. The number of hydrogen-bond donors (Lipinski definition) is 0. The fraction of sp³-hybridized carbons (Fsp3) is 0.211. The maximum Gasteiger partial charge on any atom is 0.191 e. The van der Waals surface area contributed by atoms with Crippen LogP contribution in [0.3, 0.4) is 0 Å². The Bertz CT molecular complexity index is 853. The largest absolute Gasteiger partial charge is 0.292 e. The molecule has 1 unspecified atom stereocenters. The van der Waals surface area contributed by atoms with E-state index in [2.05, 4.69) is 6.58 Å². The summed E-state index contributed by atoms with van der Waals surface area (Å²) in [6.07, 6.45) is 2.51. The van der Waals surface area contributed by atoms with E-state index >= 15 is 0 Å². The molecular weight excluding hydrogens is 308 g/mol. The lowest BCUT2D eigenvalue weighted by Gasteiger charge is -2.35. The molecular formula is C19H18O3S. The van der Waals surface area contributed by atoms with Crippen LogP contribution < -0.4 is 0 Å². The molecule has 2 aromatic carbocycles. The van der Waals surface area contributed by atoms with E-state index in [0.29, 0.717) is 12.0 Å². The van der Waals surface area contributed by atoms with Gasteiger partial charge in [-0.2, -0.15) is 0 Å². The molecule has 0 saturated carbocycles. The molecule has 0 spiro atoms. The first-order chi connectivity index (χ1) is 11.0. The van der Waals surface area contributed by atoms with Crippen molar-refractivity contribution in [3.8, 4) is 0 Å². The average molecular weight is 326 g/mol. The molecule has 118 valence electrons. The highest BCUT2D eigenvalue weighted by Crippen LogP contribution is 2.40. The van der Waals surface area contributed by atoms with Gasteiger partial charge in [-0.25, -0.2) is 8.42 Å². The van der Waals surface area contributed by atoms with Gasteiger partial charge in [-0.05, 0) is 37.0 Å². The molecule has 1 atom stereocenters. The number of allylic oxidation sites excluding steroid dienone is 1. The van der Waals surface area contributed by atoms with E-state index in [1.807, 2.05) is 12.1 Å². The number of ketones is 1.